The van der Waals surface area contributed by atoms with Crippen LogP contribution in [0.1, 0.15) is 101 Å². The Balaban J connectivity index is -0.0000000834. The topological polar surface area (TPSA) is 0 Å². The number of rotatable bonds is 5. The lowest BCUT2D eigenvalue weighted by atomic mass is 10.00. The third-order valence-corrected chi connectivity index (χ3v) is 2.56. The molecule has 0 saturated heterocycles. The van der Waals surface area contributed by atoms with Crippen LogP contribution in [0.25, 0.3) is 0 Å². The van der Waals surface area contributed by atoms with Crippen molar-refractivity contribution < 1.29 is 0 Å². The van der Waals surface area contributed by atoms with E-state index >= 15 is 0 Å². The van der Waals surface area contributed by atoms with Crippen LogP contribution < -0.4 is 0 Å². The summed E-state index contributed by atoms with van der Waals surface area (Å²) in [6.07, 6.45) is 7.84. The second-order valence-electron chi connectivity index (χ2n) is 4.54. The van der Waals surface area contributed by atoms with Gasteiger partial charge >= 0.3 is 0 Å². The van der Waals surface area contributed by atoms with Gasteiger partial charge < -0.3 is 0 Å². The maximum Gasteiger partial charge on any atom is -0.0237 e. The minimum atomic E-state index is 0.722. The van der Waals surface area contributed by atoms with Gasteiger partial charge in [-0.25, -0.2) is 0 Å². The van der Waals surface area contributed by atoms with Gasteiger partial charge in [0.25, 0.3) is 0 Å². The van der Waals surface area contributed by atoms with Gasteiger partial charge in [0.1, 0.15) is 0 Å². The van der Waals surface area contributed by atoms with Crippen LogP contribution in [0.4, 0.5) is 0 Å². The predicted molar refractivity (Wildman–Crippen MR) is 91.4 cm³/mol. The fourth-order valence-corrected chi connectivity index (χ4v) is 0.679. The van der Waals surface area contributed by atoms with Gasteiger partial charge in [-0.2, -0.15) is 0 Å². The van der Waals surface area contributed by atoms with Crippen LogP contribution in [-0.2, 0) is 0 Å². The molecule has 0 aromatic rings. The molecule has 1 atom stereocenters. The van der Waals surface area contributed by atoms with Crippen LogP contribution in [-0.4, -0.2) is 0 Å². The van der Waals surface area contributed by atoms with Crippen LogP contribution in [0, 0.1) is 5.92 Å². The molecular formula is C18H42. The van der Waals surface area contributed by atoms with Crippen molar-refractivity contribution in [1.29, 1.82) is 0 Å². The second kappa shape index (κ2) is 30.1. The summed E-state index contributed by atoms with van der Waals surface area (Å²) >= 11 is 0. The van der Waals surface area contributed by atoms with Gasteiger partial charge in [-0.1, -0.05) is 99.6 Å². The standard InChI is InChI=1S/C8H16.2C4H10.C2H6/c1-5-6-8(4)7(2)3;2*1-3-4-2;1-2/h8H,2,5-6H2,1,3-4H3;2*3-4H2,1-2H3;1-2H3. The summed E-state index contributed by atoms with van der Waals surface area (Å²) in [6.45, 7) is 23.1. The first-order chi connectivity index (χ1) is 8.51. The Bertz CT molecular complexity index is 105. The maximum atomic E-state index is 3.87. The highest BCUT2D eigenvalue weighted by atomic mass is 14.0. The zero-order valence-electron chi connectivity index (χ0n) is 15.0. The Morgan fingerprint density at radius 2 is 1.06 bits per heavy atom. The molecular weight excluding hydrogens is 216 g/mol. The molecule has 0 radical (unpaired) electrons. The lowest BCUT2D eigenvalue weighted by molar-refractivity contribution is 0.603. The molecule has 1 unspecified atom stereocenters. The molecule has 0 aromatic heterocycles. The molecule has 0 aliphatic rings. The summed E-state index contributed by atoms with van der Waals surface area (Å²) in [5.74, 6) is 0.722. The van der Waals surface area contributed by atoms with Gasteiger partial charge in [0.05, 0.1) is 0 Å². The minimum Gasteiger partial charge on any atom is -0.0999 e. The first-order valence-electron chi connectivity index (χ1n) is 8.16. The lowest BCUT2D eigenvalue weighted by Crippen LogP contribution is -1.92. The molecule has 0 saturated carbocycles. The van der Waals surface area contributed by atoms with Crippen molar-refractivity contribution in [3.8, 4) is 0 Å². The fraction of sp³-hybridized carbons (Fsp3) is 0.889. The molecule has 0 N–H and O–H groups in total. The Morgan fingerprint density at radius 3 is 1.11 bits per heavy atom. The van der Waals surface area contributed by atoms with Crippen LogP contribution in [0.3, 0.4) is 0 Å². The van der Waals surface area contributed by atoms with E-state index in [-0.39, 0.29) is 0 Å². The number of unbranched alkanes of at least 4 members (excludes halogenated alkanes) is 2. The van der Waals surface area contributed by atoms with Crippen molar-refractivity contribution in [2.24, 2.45) is 5.92 Å². The second-order valence-corrected chi connectivity index (χ2v) is 4.54. The summed E-state index contributed by atoms with van der Waals surface area (Å²) in [4.78, 5) is 0. The van der Waals surface area contributed by atoms with Gasteiger partial charge in [-0.15, -0.1) is 0 Å². The summed E-state index contributed by atoms with van der Waals surface area (Å²) in [5, 5.41) is 0. The van der Waals surface area contributed by atoms with Gasteiger partial charge in [-0.3, -0.25) is 0 Å². The van der Waals surface area contributed by atoms with E-state index in [0.717, 1.165) is 5.92 Å². The fourth-order valence-electron chi connectivity index (χ4n) is 0.679. The van der Waals surface area contributed by atoms with E-state index in [2.05, 4.69) is 55.0 Å². The number of hydrogen-bond donors (Lipinski definition) is 0. The van der Waals surface area contributed by atoms with Crippen molar-refractivity contribution in [3.63, 3.8) is 0 Å². The normalized spacial score (nSPS) is 9.61. The van der Waals surface area contributed by atoms with Gasteiger partial charge in [0.2, 0.25) is 0 Å². The van der Waals surface area contributed by atoms with Crippen molar-refractivity contribution >= 4 is 0 Å². The SMILES string of the molecule is C=C(C)C(C)CCC.CC.CCCC.CCCC. The quantitative estimate of drug-likeness (QED) is 0.444. The predicted octanol–water partition coefficient (Wildman–Crippen LogP) is 7.64. The average molecular weight is 259 g/mol. The Kier molecular flexibility index (Phi) is 44.0. The van der Waals surface area contributed by atoms with Crippen LogP contribution in [0.15, 0.2) is 12.2 Å². The van der Waals surface area contributed by atoms with E-state index in [4.69, 9.17) is 0 Å². The molecule has 0 rings (SSSR count). The minimum absolute atomic E-state index is 0.722. The first-order valence-corrected chi connectivity index (χ1v) is 8.16. The van der Waals surface area contributed by atoms with Gasteiger partial charge in [0.15, 0.2) is 0 Å². The average Bonchev–Trinajstić information content (AvgIpc) is 2.41. The molecule has 0 fully saturated rings. The molecule has 18 heavy (non-hydrogen) atoms. The highest BCUT2D eigenvalue weighted by molar-refractivity contribution is 4.93. The molecule has 0 spiro atoms. The molecule has 114 valence electrons. The Hall–Kier alpha value is -0.260. The zero-order valence-corrected chi connectivity index (χ0v) is 15.0. The van der Waals surface area contributed by atoms with E-state index < -0.39 is 0 Å². The summed E-state index contributed by atoms with van der Waals surface area (Å²) in [6, 6.07) is 0. The van der Waals surface area contributed by atoms with E-state index in [1.54, 1.807) is 0 Å². The first kappa shape index (κ1) is 26.3. The maximum absolute atomic E-state index is 3.87. The van der Waals surface area contributed by atoms with Crippen molar-refractivity contribution in [2.75, 3.05) is 0 Å². The van der Waals surface area contributed by atoms with Crippen molar-refractivity contribution in [2.45, 2.75) is 101 Å². The molecule has 0 amide bonds. The molecule has 0 aliphatic carbocycles. The summed E-state index contributed by atoms with van der Waals surface area (Å²) < 4.78 is 0. The lowest BCUT2D eigenvalue weighted by Gasteiger charge is -2.06. The van der Waals surface area contributed by atoms with E-state index in [0.29, 0.717) is 0 Å². The van der Waals surface area contributed by atoms with Crippen LogP contribution in [0.2, 0.25) is 0 Å². The molecule has 0 heteroatoms. The smallest absolute Gasteiger partial charge is 0.0237 e. The number of allylic oxidation sites excluding steroid dienone is 1. The zero-order chi connectivity index (χ0) is 15.4. The highest BCUT2D eigenvalue weighted by Crippen LogP contribution is 2.12. The molecule has 0 aliphatic heterocycles. The van der Waals surface area contributed by atoms with E-state index in [1.165, 1.54) is 44.1 Å². The monoisotopic (exact) mass is 258 g/mol. The van der Waals surface area contributed by atoms with E-state index in [1.807, 2.05) is 13.8 Å². The van der Waals surface area contributed by atoms with Gasteiger partial charge in [0, 0.05) is 0 Å². The largest absolute Gasteiger partial charge is 0.0999 e. The van der Waals surface area contributed by atoms with Crippen LogP contribution >= 0.6 is 0 Å². The van der Waals surface area contributed by atoms with Gasteiger partial charge in [-0.05, 0) is 19.3 Å². The summed E-state index contributed by atoms with van der Waals surface area (Å²) in [7, 11) is 0. The summed E-state index contributed by atoms with van der Waals surface area (Å²) in [5.41, 5.74) is 1.31. The molecule has 0 nitrogen and oxygen atoms in total. The molecule has 0 aromatic carbocycles. The highest BCUT2D eigenvalue weighted by Gasteiger charge is 1.97. The third kappa shape index (κ3) is 44.8. The molecule has 0 heterocycles. The molecule has 0 bridgehead atoms. The Labute approximate surface area is 119 Å². The number of hydrogen-bond acceptors (Lipinski definition) is 0. The third-order valence-electron chi connectivity index (χ3n) is 2.56. The van der Waals surface area contributed by atoms with E-state index in [9.17, 15) is 0 Å². The van der Waals surface area contributed by atoms with Crippen molar-refractivity contribution in [3.05, 3.63) is 12.2 Å². The van der Waals surface area contributed by atoms with Crippen LogP contribution in [0.5, 0.6) is 0 Å². The van der Waals surface area contributed by atoms with Crippen molar-refractivity contribution in [1.82, 2.24) is 0 Å². The Morgan fingerprint density at radius 1 is 0.778 bits per heavy atom.